The van der Waals surface area contributed by atoms with E-state index in [4.69, 9.17) is 5.21 Å². The molecule has 0 aromatic rings. The largest absolute Gasteiger partial charge is 0.502 e. The van der Waals surface area contributed by atoms with Gasteiger partial charge in [-0.15, -0.1) is 0 Å². The molecule has 0 aromatic carbocycles. The molecule has 0 heterocycles. The van der Waals surface area contributed by atoms with Gasteiger partial charge in [-0.25, -0.2) is 0 Å². The van der Waals surface area contributed by atoms with E-state index in [1.165, 1.54) is 6.92 Å². The van der Waals surface area contributed by atoms with Crippen LogP contribution in [-0.2, 0) is 4.79 Å². The highest BCUT2D eigenvalue weighted by atomic mass is 16.8. The van der Waals surface area contributed by atoms with Crippen LogP contribution in [0.5, 0.6) is 0 Å². The number of ketones is 1. The van der Waals surface area contributed by atoms with Gasteiger partial charge < -0.3 is 10.3 Å². The number of hydrogen-bond acceptors (Lipinski definition) is 6. The molecule has 0 aromatic heterocycles. The summed E-state index contributed by atoms with van der Waals surface area (Å²) in [6.07, 6.45) is 1.60. The second kappa shape index (κ2) is 4.64. The van der Waals surface area contributed by atoms with Gasteiger partial charge in [-0.1, -0.05) is 0 Å². The second-order valence-corrected chi connectivity index (χ2v) is 3.52. The van der Waals surface area contributed by atoms with Crippen LogP contribution < -0.4 is 0 Å². The fourth-order valence-corrected chi connectivity index (χ4v) is 1.59. The van der Waals surface area contributed by atoms with E-state index >= 15 is 0 Å². The smallest absolute Gasteiger partial charge is 0.301 e. The van der Waals surface area contributed by atoms with E-state index in [1.807, 2.05) is 0 Å². The number of Topliss-reactive ketones (excluding diaryl/α,β-unsaturated/α-hetero) is 1. The monoisotopic (exact) mass is 242 g/mol. The Labute approximate surface area is 95.5 Å². The Hall–Kier alpha value is -2.38. The molecule has 0 spiro atoms. The van der Waals surface area contributed by atoms with E-state index in [-0.39, 0.29) is 12.1 Å². The third-order valence-corrected chi connectivity index (χ3v) is 2.27. The fourth-order valence-electron chi connectivity index (χ4n) is 1.59. The lowest BCUT2D eigenvalue weighted by Crippen LogP contribution is -2.30. The van der Waals surface area contributed by atoms with Gasteiger partial charge in [0.1, 0.15) is 5.78 Å². The predicted octanol–water partition coefficient (Wildman–Crippen LogP) is 0.538. The molecule has 92 valence electrons. The van der Waals surface area contributed by atoms with Crippen LogP contribution in [0, 0.1) is 21.2 Å². The van der Waals surface area contributed by atoms with E-state index in [0.717, 1.165) is 12.2 Å². The molecule has 0 fully saturated rings. The van der Waals surface area contributed by atoms with Gasteiger partial charge in [0.2, 0.25) is 0 Å². The Morgan fingerprint density at radius 2 is 2.06 bits per heavy atom. The van der Waals surface area contributed by atoms with Gasteiger partial charge in [-0.05, 0) is 13.0 Å². The molecule has 0 radical (unpaired) electrons. The summed E-state index contributed by atoms with van der Waals surface area (Å²) in [5, 5.41) is 39.7. The Morgan fingerprint density at radius 1 is 1.47 bits per heavy atom. The number of nitrogens with zero attached hydrogens (tertiary/aromatic N) is 2. The maximum absolute atomic E-state index is 11.0. The number of allylic oxidation sites excluding steroid dienone is 3. The second-order valence-electron chi connectivity index (χ2n) is 3.52. The minimum absolute atomic E-state index is 0.348. The zero-order valence-electron chi connectivity index (χ0n) is 8.86. The molecule has 0 saturated carbocycles. The van der Waals surface area contributed by atoms with Crippen molar-refractivity contribution >= 4 is 11.5 Å². The Bertz CT molecular complexity index is 458. The minimum Gasteiger partial charge on any atom is -0.502 e. The summed E-state index contributed by atoms with van der Waals surface area (Å²) < 4.78 is 0. The van der Waals surface area contributed by atoms with Crippen LogP contribution in [-0.4, -0.2) is 31.6 Å². The quantitative estimate of drug-likeness (QED) is 0.322. The summed E-state index contributed by atoms with van der Waals surface area (Å²) in [5.74, 6) is -2.29. The van der Waals surface area contributed by atoms with Gasteiger partial charge in [0.25, 0.3) is 5.71 Å². The summed E-state index contributed by atoms with van der Waals surface area (Å²) in [6.45, 7) is 1.19. The number of hydrogen-bond donors (Lipinski definition) is 2. The van der Waals surface area contributed by atoms with Crippen LogP contribution in [0.2, 0.25) is 0 Å². The van der Waals surface area contributed by atoms with Crippen molar-refractivity contribution in [3.63, 3.8) is 0 Å². The highest BCUT2D eigenvalue weighted by molar-refractivity contribution is 5.98. The first-order valence-corrected chi connectivity index (χ1v) is 4.62. The van der Waals surface area contributed by atoms with Crippen molar-refractivity contribution in [3.05, 3.63) is 38.9 Å². The predicted molar refractivity (Wildman–Crippen MR) is 55.0 cm³/mol. The lowest BCUT2D eigenvalue weighted by Gasteiger charge is -2.13. The topological polar surface area (TPSA) is 127 Å². The molecule has 0 aliphatic heterocycles. The normalized spacial score (nSPS) is 22.5. The Kier molecular flexibility index (Phi) is 3.46. The summed E-state index contributed by atoms with van der Waals surface area (Å²) in [7, 11) is 0. The molecule has 1 aliphatic carbocycles. The van der Waals surface area contributed by atoms with Gasteiger partial charge >= 0.3 is 5.70 Å². The molecule has 1 rings (SSSR count). The van der Waals surface area contributed by atoms with Crippen molar-refractivity contribution in [3.8, 4) is 0 Å². The first-order valence-electron chi connectivity index (χ1n) is 4.62. The van der Waals surface area contributed by atoms with Crippen molar-refractivity contribution in [1.29, 1.82) is 0 Å². The van der Waals surface area contributed by atoms with Crippen LogP contribution in [0.3, 0.4) is 0 Å². The van der Waals surface area contributed by atoms with Gasteiger partial charge in [-0.2, -0.15) is 0 Å². The molecule has 8 nitrogen and oxygen atoms in total. The van der Waals surface area contributed by atoms with Crippen LogP contribution in [0.1, 0.15) is 13.3 Å². The Morgan fingerprint density at radius 3 is 2.47 bits per heavy atom. The number of carbonyl (C=O) groups excluding carboxylic acids is 1. The van der Waals surface area contributed by atoms with Gasteiger partial charge in [0, 0.05) is 17.4 Å². The molecule has 0 bridgehead atoms. The first-order chi connectivity index (χ1) is 7.84. The molecule has 1 aliphatic rings. The van der Waals surface area contributed by atoms with Crippen LogP contribution in [0.15, 0.2) is 23.6 Å². The summed E-state index contributed by atoms with van der Waals surface area (Å²) in [6, 6.07) is 0. The van der Waals surface area contributed by atoms with Crippen molar-refractivity contribution < 1.29 is 24.9 Å². The zero-order chi connectivity index (χ0) is 13.2. The van der Waals surface area contributed by atoms with Crippen molar-refractivity contribution in [2.45, 2.75) is 13.3 Å². The number of nitro groups is 1. The van der Waals surface area contributed by atoms with Crippen LogP contribution in [0.25, 0.3) is 0 Å². The lowest BCUT2D eigenvalue weighted by molar-refractivity contribution is -0.727. The molecule has 0 saturated heterocycles. The van der Waals surface area contributed by atoms with E-state index < -0.39 is 33.0 Å². The van der Waals surface area contributed by atoms with Crippen LogP contribution in [0.4, 0.5) is 0 Å². The lowest BCUT2D eigenvalue weighted by atomic mass is 9.89. The van der Waals surface area contributed by atoms with E-state index in [9.17, 15) is 25.2 Å². The average Bonchev–Trinajstić information content (AvgIpc) is 2.15. The maximum Gasteiger partial charge on any atom is 0.301 e. The van der Waals surface area contributed by atoms with Gasteiger partial charge in [0.05, 0.1) is 4.92 Å². The highest BCUT2D eigenvalue weighted by Crippen LogP contribution is 2.26. The SMILES string of the molecule is CC(=O)CC1C([N+](=O)[O-])=C(O)C=CC1=[N+]([O-])O. The maximum atomic E-state index is 11.0. The molecule has 1 unspecified atom stereocenters. The fraction of sp³-hybridized carbons (Fsp3) is 0.333. The number of aliphatic hydroxyl groups excluding tert-OH is 1. The minimum atomic E-state index is -1.25. The highest BCUT2D eigenvalue weighted by Gasteiger charge is 2.40. The molecule has 17 heavy (non-hydrogen) atoms. The molecule has 0 amide bonds. The van der Waals surface area contributed by atoms with Crippen LogP contribution >= 0.6 is 0 Å². The average molecular weight is 242 g/mol. The third-order valence-electron chi connectivity index (χ3n) is 2.27. The standard InChI is InChI=1S/C9H10N2O6/c1-5(12)4-6-7(10(14)15)2-3-8(13)9(6)11(16)17/h2-3,6,13H,4H2,1H3,(H,14,15). The molecule has 2 N–H and O–H groups in total. The Balaban J connectivity index is 3.30. The van der Waals surface area contributed by atoms with Gasteiger partial charge in [0.15, 0.2) is 11.7 Å². The number of carbonyl (C=O) groups is 1. The molecular formula is C9H10N2O6. The van der Waals surface area contributed by atoms with E-state index in [2.05, 4.69) is 0 Å². The van der Waals surface area contributed by atoms with E-state index in [1.54, 1.807) is 0 Å². The van der Waals surface area contributed by atoms with Crippen molar-refractivity contribution in [1.82, 2.24) is 0 Å². The molecule has 8 heteroatoms. The summed E-state index contributed by atoms with van der Waals surface area (Å²) in [5.41, 5.74) is -1.03. The number of aliphatic hydroxyl groups is 1. The third kappa shape index (κ3) is 2.60. The first kappa shape index (κ1) is 12.7. The molecule has 1 atom stereocenters. The molecular weight excluding hydrogens is 232 g/mol. The van der Waals surface area contributed by atoms with Crippen molar-refractivity contribution in [2.75, 3.05) is 0 Å². The number of rotatable bonds is 3. The van der Waals surface area contributed by atoms with E-state index in [0.29, 0.717) is 0 Å². The van der Waals surface area contributed by atoms with Gasteiger partial charge in [-0.3, -0.25) is 20.1 Å². The zero-order valence-corrected chi connectivity index (χ0v) is 8.86. The summed E-state index contributed by atoms with van der Waals surface area (Å²) in [4.78, 5) is 20.3. The van der Waals surface area contributed by atoms with Crippen molar-refractivity contribution in [2.24, 2.45) is 5.92 Å². The summed E-state index contributed by atoms with van der Waals surface area (Å²) >= 11 is 0.